The minimum atomic E-state index is -0.347. The highest BCUT2D eigenvalue weighted by molar-refractivity contribution is 5.49. The van der Waals surface area contributed by atoms with Crippen LogP contribution in [0.5, 0.6) is 5.75 Å². The molecule has 0 radical (unpaired) electrons. The number of ether oxygens (including phenoxy) is 1. The summed E-state index contributed by atoms with van der Waals surface area (Å²) in [5, 5.41) is 10.8. The Labute approximate surface area is 99.1 Å². The summed E-state index contributed by atoms with van der Waals surface area (Å²) in [4.78, 5) is 12.7. The zero-order valence-corrected chi connectivity index (χ0v) is 9.63. The standard InChI is InChI=1S/C12H14N2O3/c1-13-5-4-12-10(7-13)9-6-8(14(15)16)2-3-11(9)17-12/h2-3,6,10,12H,4-5,7H2,1H3. The van der Waals surface area contributed by atoms with Gasteiger partial charge >= 0.3 is 0 Å². The van der Waals surface area contributed by atoms with Crippen LogP contribution < -0.4 is 4.74 Å². The SMILES string of the molecule is CN1CCC2Oc3ccc([N+](=O)[O-])cc3C2C1. The monoisotopic (exact) mass is 234 g/mol. The van der Waals surface area contributed by atoms with Gasteiger partial charge in [0.05, 0.1) is 4.92 Å². The van der Waals surface area contributed by atoms with Gasteiger partial charge in [-0.2, -0.15) is 0 Å². The highest BCUT2D eigenvalue weighted by atomic mass is 16.6. The minimum absolute atomic E-state index is 0.154. The predicted molar refractivity (Wildman–Crippen MR) is 62.4 cm³/mol. The van der Waals surface area contributed by atoms with Crippen LogP contribution in [-0.4, -0.2) is 36.1 Å². The van der Waals surface area contributed by atoms with E-state index in [9.17, 15) is 10.1 Å². The first-order chi connectivity index (χ1) is 8.15. The molecule has 3 rings (SSSR count). The molecule has 0 amide bonds. The number of nitrogens with zero attached hydrogens (tertiary/aromatic N) is 2. The molecule has 5 heteroatoms. The van der Waals surface area contributed by atoms with Gasteiger partial charge in [0.1, 0.15) is 11.9 Å². The molecule has 2 aliphatic heterocycles. The van der Waals surface area contributed by atoms with Crippen molar-refractivity contribution in [3.63, 3.8) is 0 Å². The summed E-state index contributed by atoms with van der Waals surface area (Å²) in [5.41, 5.74) is 1.15. The van der Waals surface area contributed by atoms with E-state index in [1.165, 1.54) is 6.07 Å². The third kappa shape index (κ3) is 1.67. The molecule has 1 aromatic rings. The van der Waals surface area contributed by atoms with Crippen molar-refractivity contribution < 1.29 is 9.66 Å². The summed E-state index contributed by atoms with van der Waals surface area (Å²) < 4.78 is 5.84. The fourth-order valence-electron chi connectivity index (χ4n) is 2.74. The molecule has 0 N–H and O–H groups in total. The highest BCUT2D eigenvalue weighted by Crippen LogP contribution is 2.43. The Kier molecular flexibility index (Phi) is 2.29. The minimum Gasteiger partial charge on any atom is -0.489 e. The molecule has 0 saturated carbocycles. The molecule has 17 heavy (non-hydrogen) atoms. The topological polar surface area (TPSA) is 55.6 Å². The van der Waals surface area contributed by atoms with Gasteiger partial charge in [-0.1, -0.05) is 0 Å². The number of nitro groups is 1. The number of fused-ring (bicyclic) bond motifs is 3. The molecule has 2 unspecified atom stereocenters. The maximum Gasteiger partial charge on any atom is 0.269 e. The lowest BCUT2D eigenvalue weighted by Gasteiger charge is -2.31. The lowest BCUT2D eigenvalue weighted by atomic mass is 9.90. The lowest BCUT2D eigenvalue weighted by Crippen LogP contribution is -2.39. The molecular formula is C12H14N2O3. The normalized spacial score (nSPS) is 27.1. The van der Waals surface area contributed by atoms with Crippen LogP contribution in [0.3, 0.4) is 0 Å². The van der Waals surface area contributed by atoms with E-state index < -0.39 is 0 Å². The van der Waals surface area contributed by atoms with Gasteiger partial charge < -0.3 is 9.64 Å². The summed E-state index contributed by atoms with van der Waals surface area (Å²) in [6.07, 6.45) is 1.19. The average molecular weight is 234 g/mol. The Hall–Kier alpha value is -1.62. The van der Waals surface area contributed by atoms with Crippen LogP contribution in [-0.2, 0) is 0 Å². The summed E-state index contributed by atoms with van der Waals surface area (Å²) in [6.45, 7) is 1.94. The van der Waals surface area contributed by atoms with E-state index in [1.54, 1.807) is 12.1 Å². The second kappa shape index (κ2) is 3.70. The summed E-state index contributed by atoms with van der Waals surface area (Å²) >= 11 is 0. The van der Waals surface area contributed by atoms with E-state index in [-0.39, 0.29) is 22.6 Å². The number of nitro benzene ring substituents is 1. The van der Waals surface area contributed by atoms with Gasteiger partial charge in [-0.05, 0) is 19.5 Å². The molecule has 90 valence electrons. The first-order valence-corrected chi connectivity index (χ1v) is 5.78. The van der Waals surface area contributed by atoms with Crippen LogP contribution in [0.4, 0.5) is 5.69 Å². The first kappa shape index (κ1) is 10.5. The third-order valence-electron chi connectivity index (χ3n) is 3.63. The van der Waals surface area contributed by atoms with Crippen molar-refractivity contribution in [2.24, 2.45) is 0 Å². The van der Waals surface area contributed by atoms with Gasteiger partial charge in [0, 0.05) is 36.7 Å². The second-order valence-electron chi connectivity index (χ2n) is 4.79. The largest absolute Gasteiger partial charge is 0.489 e. The molecule has 2 aliphatic rings. The summed E-state index contributed by atoms with van der Waals surface area (Å²) in [6, 6.07) is 4.91. The Morgan fingerprint density at radius 1 is 1.53 bits per heavy atom. The van der Waals surface area contributed by atoms with Crippen LogP contribution in [0.15, 0.2) is 18.2 Å². The van der Waals surface area contributed by atoms with Gasteiger partial charge in [-0.3, -0.25) is 10.1 Å². The molecule has 1 fully saturated rings. The zero-order chi connectivity index (χ0) is 12.0. The molecule has 0 spiro atoms. The zero-order valence-electron chi connectivity index (χ0n) is 9.63. The van der Waals surface area contributed by atoms with Gasteiger partial charge in [0.25, 0.3) is 5.69 Å². The van der Waals surface area contributed by atoms with E-state index in [1.807, 2.05) is 0 Å². The number of benzene rings is 1. The van der Waals surface area contributed by atoms with Crippen LogP contribution in [0.1, 0.15) is 17.9 Å². The Balaban J connectivity index is 1.98. The number of hydrogen-bond donors (Lipinski definition) is 0. The van der Waals surface area contributed by atoms with E-state index in [4.69, 9.17) is 4.74 Å². The number of non-ortho nitro benzene ring substituents is 1. The molecule has 2 atom stereocenters. The van der Waals surface area contributed by atoms with Gasteiger partial charge in [-0.15, -0.1) is 0 Å². The third-order valence-corrected chi connectivity index (χ3v) is 3.63. The van der Waals surface area contributed by atoms with E-state index >= 15 is 0 Å². The van der Waals surface area contributed by atoms with Crippen LogP contribution in [0.2, 0.25) is 0 Å². The van der Waals surface area contributed by atoms with Crippen molar-refractivity contribution in [3.8, 4) is 5.75 Å². The number of rotatable bonds is 1. The predicted octanol–water partition coefficient (Wildman–Crippen LogP) is 1.77. The molecule has 1 aromatic carbocycles. The van der Waals surface area contributed by atoms with E-state index in [0.29, 0.717) is 0 Å². The quantitative estimate of drug-likeness (QED) is 0.549. The van der Waals surface area contributed by atoms with Gasteiger partial charge in [0.15, 0.2) is 0 Å². The van der Waals surface area contributed by atoms with Crippen molar-refractivity contribution in [2.75, 3.05) is 20.1 Å². The number of likely N-dealkylation sites (N-methyl/N-ethyl adjacent to an activating group) is 1. The van der Waals surface area contributed by atoms with Crippen molar-refractivity contribution in [1.82, 2.24) is 4.90 Å². The Morgan fingerprint density at radius 3 is 3.12 bits per heavy atom. The van der Waals surface area contributed by atoms with Gasteiger partial charge in [-0.25, -0.2) is 0 Å². The highest BCUT2D eigenvalue weighted by Gasteiger charge is 2.38. The lowest BCUT2D eigenvalue weighted by molar-refractivity contribution is -0.384. The van der Waals surface area contributed by atoms with Crippen LogP contribution in [0.25, 0.3) is 0 Å². The maximum atomic E-state index is 10.8. The van der Waals surface area contributed by atoms with Crippen molar-refractivity contribution >= 4 is 5.69 Å². The smallest absolute Gasteiger partial charge is 0.269 e. The summed E-state index contributed by atoms with van der Waals surface area (Å²) in [7, 11) is 2.07. The molecular weight excluding hydrogens is 220 g/mol. The Morgan fingerprint density at radius 2 is 2.35 bits per heavy atom. The van der Waals surface area contributed by atoms with Crippen LogP contribution >= 0.6 is 0 Å². The second-order valence-corrected chi connectivity index (χ2v) is 4.79. The molecule has 0 aliphatic carbocycles. The fourth-order valence-corrected chi connectivity index (χ4v) is 2.74. The van der Waals surface area contributed by atoms with Crippen molar-refractivity contribution in [1.29, 1.82) is 0 Å². The van der Waals surface area contributed by atoms with Crippen LogP contribution in [0, 0.1) is 10.1 Å². The van der Waals surface area contributed by atoms with Crippen molar-refractivity contribution in [3.05, 3.63) is 33.9 Å². The summed E-state index contributed by atoms with van der Waals surface area (Å²) in [5.74, 6) is 1.10. The Bertz CT molecular complexity index is 475. The molecule has 2 heterocycles. The number of piperidine rings is 1. The van der Waals surface area contributed by atoms with Crippen molar-refractivity contribution in [2.45, 2.75) is 18.4 Å². The van der Waals surface area contributed by atoms with Gasteiger partial charge in [0.2, 0.25) is 0 Å². The molecule has 1 saturated heterocycles. The van der Waals surface area contributed by atoms with E-state index in [0.717, 1.165) is 30.8 Å². The first-order valence-electron chi connectivity index (χ1n) is 5.78. The number of likely N-dealkylation sites (tertiary alicyclic amines) is 1. The average Bonchev–Trinajstić information content (AvgIpc) is 2.66. The molecule has 0 bridgehead atoms. The molecule has 0 aromatic heterocycles. The number of hydrogen-bond acceptors (Lipinski definition) is 4. The maximum absolute atomic E-state index is 10.8. The van der Waals surface area contributed by atoms with E-state index in [2.05, 4.69) is 11.9 Å². The fraction of sp³-hybridized carbons (Fsp3) is 0.500. The molecule has 5 nitrogen and oxygen atoms in total.